The Labute approximate surface area is 243 Å². The summed E-state index contributed by atoms with van der Waals surface area (Å²) in [6, 6.07) is 17.2. The van der Waals surface area contributed by atoms with E-state index in [2.05, 4.69) is 26.5 Å². The van der Waals surface area contributed by atoms with E-state index in [4.69, 9.17) is 9.72 Å². The molecule has 7 nitrogen and oxygen atoms in total. The van der Waals surface area contributed by atoms with E-state index >= 15 is 0 Å². The maximum atomic E-state index is 13.9. The number of ether oxygens (including phenoxy) is 1. The topological polar surface area (TPSA) is 85.6 Å². The zero-order valence-electron chi connectivity index (χ0n) is 21.4. The minimum atomic E-state index is -0.297. The first kappa shape index (κ1) is 27.4. The molecule has 0 aliphatic heterocycles. The average molecular weight is 624 g/mol. The molecule has 1 amide bonds. The van der Waals surface area contributed by atoms with Crippen LogP contribution < -0.4 is 15.7 Å². The highest BCUT2D eigenvalue weighted by Crippen LogP contribution is 2.35. The van der Waals surface area contributed by atoms with E-state index in [1.54, 1.807) is 15.9 Å². The van der Waals surface area contributed by atoms with Crippen LogP contribution in [0.5, 0.6) is 5.75 Å². The van der Waals surface area contributed by atoms with Crippen LogP contribution in [0.2, 0.25) is 0 Å². The van der Waals surface area contributed by atoms with Crippen LogP contribution in [-0.4, -0.2) is 34.0 Å². The molecule has 1 aliphatic carbocycles. The van der Waals surface area contributed by atoms with Crippen LogP contribution in [0.3, 0.4) is 0 Å². The molecule has 0 spiro atoms. The predicted octanol–water partition coefficient (Wildman–Crippen LogP) is 6.35. The molecule has 0 atom stereocenters. The Bertz CT molecular complexity index is 1600. The standard InChI is InChI=1S/C29H27BrN4O3S2/c1-2-37-22-14-12-21(13-15-22)34-28(36)26-23-10-6-7-11-24(23)39-27(26)32-29(34)38-18-25(35)33-31-17-20(30)16-19-8-4-3-5-9-19/h3-5,8-9,12-17H,2,6-7,10-11,18H2,1H3,(H,33,35). The molecule has 0 saturated heterocycles. The number of nitrogens with zero attached hydrogens (tertiary/aromatic N) is 3. The van der Waals surface area contributed by atoms with Crippen molar-refractivity contribution in [3.8, 4) is 11.4 Å². The van der Waals surface area contributed by atoms with Crippen molar-refractivity contribution in [3.63, 3.8) is 0 Å². The number of carbonyl (C=O) groups is 1. The van der Waals surface area contributed by atoms with E-state index in [9.17, 15) is 9.59 Å². The Balaban J connectivity index is 1.38. The molecule has 200 valence electrons. The van der Waals surface area contributed by atoms with E-state index < -0.39 is 0 Å². The summed E-state index contributed by atoms with van der Waals surface area (Å²) in [7, 11) is 0. The number of halogens is 1. The fourth-order valence-corrected chi connectivity index (χ4v) is 6.92. The van der Waals surface area contributed by atoms with Crippen LogP contribution in [0.4, 0.5) is 0 Å². The summed E-state index contributed by atoms with van der Waals surface area (Å²) in [6.07, 6.45) is 7.53. The van der Waals surface area contributed by atoms with Gasteiger partial charge in [-0.2, -0.15) is 5.10 Å². The minimum absolute atomic E-state index is 0.0530. The molecule has 0 unspecified atom stereocenters. The molecule has 0 bridgehead atoms. The van der Waals surface area contributed by atoms with Gasteiger partial charge in [0.05, 0.1) is 29.6 Å². The summed E-state index contributed by atoms with van der Waals surface area (Å²) in [5.41, 5.74) is 5.29. The second-order valence-corrected chi connectivity index (χ2v) is 11.8. The number of thioether (sulfide) groups is 1. The second-order valence-electron chi connectivity index (χ2n) is 8.87. The number of benzene rings is 2. The zero-order valence-corrected chi connectivity index (χ0v) is 24.6. The highest BCUT2D eigenvalue weighted by atomic mass is 79.9. The van der Waals surface area contributed by atoms with E-state index in [1.165, 1.54) is 22.9 Å². The van der Waals surface area contributed by atoms with Gasteiger partial charge in [0.15, 0.2) is 5.16 Å². The number of hydrogen-bond donors (Lipinski definition) is 1. The molecule has 0 fully saturated rings. The van der Waals surface area contributed by atoms with Crippen LogP contribution in [0.1, 0.15) is 35.8 Å². The Kier molecular flexibility index (Phi) is 8.95. The smallest absolute Gasteiger partial charge is 0.267 e. The van der Waals surface area contributed by atoms with E-state index in [-0.39, 0.29) is 17.2 Å². The van der Waals surface area contributed by atoms with Crippen LogP contribution >= 0.6 is 39.0 Å². The van der Waals surface area contributed by atoms with Gasteiger partial charge >= 0.3 is 0 Å². The third-order valence-electron chi connectivity index (χ3n) is 6.18. The van der Waals surface area contributed by atoms with E-state index in [1.807, 2.05) is 67.6 Å². The lowest BCUT2D eigenvalue weighted by Gasteiger charge is -2.14. The zero-order chi connectivity index (χ0) is 27.2. The predicted molar refractivity (Wildman–Crippen MR) is 164 cm³/mol. The first-order valence-corrected chi connectivity index (χ1v) is 15.3. The van der Waals surface area contributed by atoms with Gasteiger partial charge in [-0.05, 0) is 90.0 Å². The number of rotatable bonds is 9. The number of hydrazone groups is 1. The van der Waals surface area contributed by atoms with Gasteiger partial charge in [-0.25, -0.2) is 10.4 Å². The van der Waals surface area contributed by atoms with Gasteiger partial charge in [0.2, 0.25) is 0 Å². The Morgan fingerprint density at radius 3 is 2.72 bits per heavy atom. The first-order valence-electron chi connectivity index (χ1n) is 12.7. The number of amides is 1. The van der Waals surface area contributed by atoms with E-state index in [0.717, 1.165) is 51.9 Å². The summed E-state index contributed by atoms with van der Waals surface area (Å²) in [5.74, 6) is 0.488. The number of carbonyl (C=O) groups excluding carboxylic acids is 1. The lowest BCUT2D eigenvalue weighted by Crippen LogP contribution is -2.24. The van der Waals surface area contributed by atoms with Crippen molar-refractivity contribution in [2.45, 2.75) is 37.8 Å². The Morgan fingerprint density at radius 1 is 1.18 bits per heavy atom. The van der Waals surface area contributed by atoms with Crippen molar-refractivity contribution in [1.82, 2.24) is 15.0 Å². The number of fused-ring (bicyclic) bond motifs is 3. The lowest BCUT2D eigenvalue weighted by molar-refractivity contribution is -0.118. The van der Waals surface area contributed by atoms with Gasteiger partial charge in [-0.1, -0.05) is 42.1 Å². The quantitative estimate of drug-likeness (QED) is 0.102. The van der Waals surface area contributed by atoms with Crippen molar-refractivity contribution >= 4 is 67.4 Å². The maximum absolute atomic E-state index is 13.9. The molecule has 39 heavy (non-hydrogen) atoms. The summed E-state index contributed by atoms with van der Waals surface area (Å²) >= 11 is 6.26. The maximum Gasteiger partial charge on any atom is 0.267 e. The Morgan fingerprint density at radius 2 is 1.95 bits per heavy atom. The van der Waals surface area contributed by atoms with Gasteiger partial charge in [0, 0.05) is 9.36 Å². The molecule has 10 heteroatoms. The third-order valence-corrected chi connectivity index (χ3v) is 8.74. The largest absolute Gasteiger partial charge is 0.494 e. The normalized spacial score (nSPS) is 13.5. The van der Waals surface area contributed by atoms with Gasteiger partial charge in [0.1, 0.15) is 10.6 Å². The molecule has 1 aliphatic rings. The van der Waals surface area contributed by atoms with Crippen molar-refractivity contribution in [2.75, 3.05) is 12.4 Å². The number of nitrogens with one attached hydrogen (secondary N) is 1. The third kappa shape index (κ3) is 6.51. The van der Waals surface area contributed by atoms with Crippen LogP contribution in [0, 0.1) is 0 Å². The summed E-state index contributed by atoms with van der Waals surface area (Å²) in [4.78, 5) is 33.4. The van der Waals surface area contributed by atoms with Gasteiger partial charge in [-0.15, -0.1) is 11.3 Å². The number of hydrogen-bond acceptors (Lipinski definition) is 7. The fourth-order valence-electron chi connectivity index (χ4n) is 4.44. The first-order chi connectivity index (χ1) is 19.0. The molecule has 2 aromatic heterocycles. The lowest BCUT2D eigenvalue weighted by atomic mass is 9.97. The summed E-state index contributed by atoms with van der Waals surface area (Å²) in [5, 5.41) is 5.22. The fraction of sp³-hybridized carbons (Fsp3) is 0.241. The van der Waals surface area contributed by atoms with Crippen LogP contribution in [0.25, 0.3) is 22.0 Å². The molecule has 4 aromatic rings. The van der Waals surface area contributed by atoms with Crippen LogP contribution in [-0.2, 0) is 17.6 Å². The van der Waals surface area contributed by atoms with Crippen molar-refractivity contribution in [2.24, 2.45) is 5.10 Å². The monoisotopic (exact) mass is 622 g/mol. The Hall–Kier alpha value is -3.21. The average Bonchev–Trinajstić information content (AvgIpc) is 3.32. The molecule has 0 radical (unpaired) electrons. The molecular formula is C29H27BrN4O3S2. The van der Waals surface area contributed by atoms with Crippen molar-refractivity contribution in [1.29, 1.82) is 0 Å². The molecule has 2 heterocycles. The van der Waals surface area contributed by atoms with Crippen molar-refractivity contribution < 1.29 is 9.53 Å². The molecule has 0 saturated carbocycles. The summed E-state index contributed by atoms with van der Waals surface area (Å²) < 4.78 is 7.91. The number of aryl methyl sites for hydroxylation is 2. The second kappa shape index (κ2) is 12.8. The summed E-state index contributed by atoms with van der Waals surface area (Å²) in [6.45, 7) is 2.49. The highest BCUT2D eigenvalue weighted by Gasteiger charge is 2.23. The van der Waals surface area contributed by atoms with E-state index in [0.29, 0.717) is 22.8 Å². The van der Waals surface area contributed by atoms with Gasteiger partial charge in [-0.3, -0.25) is 14.2 Å². The molecular weight excluding hydrogens is 596 g/mol. The van der Waals surface area contributed by atoms with Gasteiger partial charge < -0.3 is 4.74 Å². The highest BCUT2D eigenvalue weighted by molar-refractivity contribution is 9.12. The minimum Gasteiger partial charge on any atom is -0.494 e. The SMILES string of the molecule is CCOc1ccc(-n2c(SCC(=O)NN=CC(Br)=Cc3ccccc3)nc3sc4c(c3c2=O)CCCC4)cc1. The van der Waals surface area contributed by atoms with Crippen LogP contribution in [0.15, 0.2) is 74.1 Å². The van der Waals surface area contributed by atoms with Gasteiger partial charge in [0.25, 0.3) is 11.5 Å². The molecule has 2 aromatic carbocycles. The number of allylic oxidation sites excluding steroid dienone is 1. The number of thiophene rings is 1. The van der Waals surface area contributed by atoms with Crippen molar-refractivity contribution in [3.05, 3.63) is 85.4 Å². The molecule has 1 N–H and O–H groups in total. The number of aromatic nitrogens is 2. The molecule has 5 rings (SSSR count).